The number of halogens is 1. The second kappa shape index (κ2) is 4.91. The molecule has 1 heterocycles. The maximum absolute atomic E-state index is 8.73. The Bertz CT molecular complexity index is 91.8. The van der Waals surface area contributed by atoms with Crippen LogP contribution in [0.2, 0.25) is 0 Å². The smallest absolute Gasteiger partial charge is 0.0621 e. The number of aliphatic hydroxyl groups is 1. The van der Waals surface area contributed by atoms with E-state index < -0.39 is 0 Å². The number of ether oxygens (including phenoxy) is 1. The van der Waals surface area contributed by atoms with E-state index in [-0.39, 0.29) is 31.0 Å². The van der Waals surface area contributed by atoms with Crippen molar-refractivity contribution in [2.24, 2.45) is 11.7 Å². The summed E-state index contributed by atoms with van der Waals surface area (Å²) >= 11 is 0. The lowest BCUT2D eigenvalue weighted by molar-refractivity contribution is 0.0286. The van der Waals surface area contributed by atoms with Gasteiger partial charge in [-0.25, -0.2) is 0 Å². The fourth-order valence-corrected chi connectivity index (χ4v) is 1.03. The fourth-order valence-electron chi connectivity index (χ4n) is 1.03. The highest BCUT2D eigenvalue weighted by atomic mass is 35.5. The van der Waals surface area contributed by atoms with Gasteiger partial charge in [0.05, 0.1) is 6.61 Å². The second-order valence-corrected chi connectivity index (χ2v) is 2.47. The van der Waals surface area contributed by atoms with Gasteiger partial charge in [-0.3, -0.25) is 0 Å². The van der Waals surface area contributed by atoms with Gasteiger partial charge in [0.15, 0.2) is 0 Å². The molecule has 2 unspecified atom stereocenters. The minimum atomic E-state index is 0. The normalized spacial score (nSPS) is 33.0. The van der Waals surface area contributed by atoms with Gasteiger partial charge < -0.3 is 15.6 Å². The van der Waals surface area contributed by atoms with Gasteiger partial charge in [0.2, 0.25) is 0 Å². The zero-order valence-corrected chi connectivity index (χ0v) is 6.64. The molecule has 0 aromatic rings. The number of nitrogens with two attached hydrogens (primary N) is 1. The lowest BCUT2D eigenvalue weighted by atomic mass is 9.97. The largest absolute Gasteiger partial charge is 0.396 e. The molecule has 10 heavy (non-hydrogen) atoms. The van der Waals surface area contributed by atoms with Crippen molar-refractivity contribution in [3.05, 3.63) is 0 Å². The van der Waals surface area contributed by atoms with Gasteiger partial charge in [0.25, 0.3) is 0 Å². The van der Waals surface area contributed by atoms with Gasteiger partial charge >= 0.3 is 0 Å². The standard InChI is InChI=1S/C6H13NO2.ClH/c7-6-4-9-2-1-5(6)3-8;/h5-6,8H,1-4,7H2;1H. The molecule has 0 amide bonds. The first-order chi connectivity index (χ1) is 4.34. The van der Waals surface area contributed by atoms with Crippen LogP contribution < -0.4 is 5.73 Å². The van der Waals surface area contributed by atoms with E-state index >= 15 is 0 Å². The zero-order chi connectivity index (χ0) is 6.69. The Morgan fingerprint density at radius 2 is 2.30 bits per heavy atom. The van der Waals surface area contributed by atoms with Crippen LogP contribution >= 0.6 is 12.4 Å². The van der Waals surface area contributed by atoms with Crippen molar-refractivity contribution in [3.8, 4) is 0 Å². The van der Waals surface area contributed by atoms with E-state index in [2.05, 4.69) is 0 Å². The Hall–Kier alpha value is 0.170. The summed E-state index contributed by atoms with van der Waals surface area (Å²) in [7, 11) is 0. The average molecular weight is 168 g/mol. The molecule has 1 saturated heterocycles. The molecule has 2 atom stereocenters. The van der Waals surface area contributed by atoms with Gasteiger partial charge in [-0.05, 0) is 6.42 Å². The molecule has 1 aliphatic rings. The third-order valence-electron chi connectivity index (χ3n) is 1.78. The van der Waals surface area contributed by atoms with Gasteiger partial charge in [0, 0.05) is 25.2 Å². The number of hydrogen-bond donors (Lipinski definition) is 2. The third kappa shape index (κ3) is 2.42. The Kier molecular flexibility index (Phi) is 4.99. The van der Waals surface area contributed by atoms with E-state index in [1.807, 2.05) is 0 Å². The minimum Gasteiger partial charge on any atom is -0.396 e. The van der Waals surface area contributed by atoms with Crippen molar-refractivity contribution >= 4 is 12.4 Å². The van der Waals surface area contributed by atoms with E-state index in [4.69, 9.17) is 15.6 Å². The predicted octanol–water partition coefficient (Wildman–Crippen LogP) is -0.236. The molecule has 0 spiro atoms. The van der Waals surface area contributed by atoms with Crippen LogP contribution in [0, 0.1) is 5.92 Å². The predicted molar refractivity (Wildman–Crippen MR) is 41.2 cm³/mol. The van der Waals surface area contributed by atoms with Crippen molar-refractivity contribution in [1.29, 1.82) is 0 Å². The summed E-state index contributed by atoms with van der Waals surface area (Å²) in [6.07, 6.45) is 0.900. The maximum atomic E-state index is 8.73. The molecule has 1 rings (SSSR count). The molecular formula is C6H14ClNO2. The van der Waals surface area contributed by atoms with Crippen molar-refractivity contribution < 1.29 is 9.84 Å². The molecule has 0 aromatic carbocycles. The lowest BCUT2D eigenvalue weighted by Crippen LogP contribution is -2.41. The first kappa shape index (κ1) is 10.2. The summed E-state index contributed by atoms with van der Waals surface area (Å²) in [4.78, 5) is 0. The minimum absolute atomic E-state index is 0. The molecule has 1 aliphatic heterocycles. The van der Waals surface area contributed by atoms with Crippen LogP contribution in [-0.2, 0) is 4.74 Å². The lowest BCUT2D eigenvalue weighted by Gasteiger charge is -2.26. The van der Waals surface area contributed by atoms with Crippen molar-refractivity contribution in [2.75, 3.05) is 19.8 Å². The summed E-state index contributed by atoms with van der Waals surface area (Å²) in [5.41, 5.74) is 5.60. The van der Waals surface area contributed by atoms with Crippen LogP contribution in [0.15, 0.2) is 0 Å². The number of rotatable bonds is 1. The number of hydrogen-bond acceptors (Lipinski definition) is 3. The van der Waals surface area contributed by atoms with E-state index in [1.165, 1.54) is 0 Å². The maximum Gasteiger partial charge on any atom is 0.0621 e. The van der Waals surface area contributed by atoms with Crippen LogP contribution in [-0.4, -0.2) is 31.0 Å². The molecule has 3 nitrogen and oxygen atoms in total. The summed E-state index contributed by atoms with van der Waals surface area (Å²) in [5.74, 6) is 0.263. The summed E-state index contributed by atoms with van der Waals surface area (Å²) in [6, 6.07) is 0.0451. The van der Waals surface area contributed by atoms with Crippen LogP contribution in [0.3, 0.4) is 0 Å². The van der Waals surface area contributed by atoms with Gasteiger partial charge in [-0.2, -0.15) is 0 Å². The monoisotopic (exact) mass is 167 g/mol. The topological polar surface area (TPSA) is 55.5 Å². The Morgan fingerprint density at radius 1 is 1.60 bits per heavy atom. The van der Waals surface area contributed by atoms with Crippen molar-refractivity contribution in [1.82, 2.24) is 0 Å². The molecular weight excluding hydrogens is 154 g/mol. The molecule has 3 N–H and O–H groups in total. The molecule has 0 bridgehead atoms. The summed E-state index contributed by atoms with van der Waals surface area (Å²) in [6.45, 7) is 1.55. The van der Waals surface area contributed by atoms with Crippen molar-refractivity contribution in [3.63, 3.8) is 0 Å². The van der Waals surface area contributed by atoms with Crippen molar-refractivity contribution in [2.45, 2.75) is 12.5 Å². The van der Waals surface area contributed by atoms with E-state index in [9.17, 15) is 0 Å². The molecule has 0 aliphatic carbocycles. The zero-order valence-electron chi connectivity index (χ0n) is 5.82. The van der Waals surface area contributed by atoms with Crippen LogP contribution in [0.1, 0.15) is 6.42 Å². The molecule has 1 fully saturated rings. The average Bonchev–Trinajstić information content (AvgIpc) is 1.89. The highest BCUT2D eigenvalue weighted by Gasteiger charge is 2.20. The quantitative estimate of drug-likeness (QED) is 0.567. The highest BCUT2D eigenvalue weighted by molar-refractivity contribution is 5.85. The Morgan fingerprint density at radius 3 is 2.70 bits per heavy atom. The van der Waals surface area contributed by atoms with E-state index in [0.717, 1.165) is 13.0 Å². The third-order valence-corrected chi connectivity index (χ3v) is 1.78. The Labute approximate surface area is 67.0 Å². The summed E-state index contributed by atoms with van der Waals surface area (Å²) < 4.78 is 5.08. The molecule has 4 heteroatoms. The van der Waals surface area contributed by atoms with Crippen LogP contribution in [0.5, 0.6) is 0 Å². The van der Waals surface area contributed by atoms with Gasteiger partial charge in [-0.15, -0.1) is 12.4 Å². The first-order valence-corrected chi connectivity index (χ1v) is 3.28. The summed E-state index contributed by atoms with van der Waals surface area (Å²) in [5, 5.41) is 8.73. The first-order valence-electron chi connectivity index (χ1n) is 3.28. The fraction of sp³-hybridized carbons (Fsp3) is 1.00. The Balaban J connectivity index is 0.000000810. The second-order valence-electron chi connectivity index (χ2n) is 2.47. The van der Waals surface area contributed by atoms with E-state index in [0.29, 0.717) is 6.61 Å². The van der Waals surface area contributed by atoms with Crippen LogP contribution in [0.25, 0.3) is 0 Å². The number of aliphatic hydroxyl groups excluding tert-OH is 1. The molecule has 0 saturated carbocycles. The molecule has 0 radical (unpaired) electrons. The van der Waals surface area contributed by atoms with E-state index in [1.54, 1.807) is 0 Å². The van der Waals surface area contributed by atoms with Gasteiger partial charge in [0.1, 0.15) is 0 Å². The molecule has 0 aromatic heterocycles. The molecule has 62 valence electrons. The SMILES string of the molecule is Cl.NC1COCCC1CO. The van der Waals surface area contributed by atoms with Gasteiger partial charge in [-0.1, -0.05) is 0 Å². The van der Waals surface area contributed by atoms with Crippen LogP contribution in [0.4, 0.5) is 0 Å². The highest BCUT2D eigenvalue weighted by Crippen LogP contribution is 2.11.